The van der Waals surface area contributed by atoms with E-state index in [2.05, 4.69) is 25.8 Å². The maximum absolute atomic E-state index is 6.15. The Bertz CT molecular complexity index is 653. The summed E-state index contributed by atoms with van der Waals surface area (Å²) in [7, 11) is 0. The van der Waals surface area contributed by atoms with Crippen LogP contribution in [0, 0.1) is 6.92 Å². The number of hydrogen-bond donors (Lipinski definition) is 2. The van der Waals surface area contributed by atoms with Gasteiger partial charge in [0.1, 0.15) is 0 Å². The number of nitrogens with zero attached hydrogens (tertiary/aromatic N) is 3. The summed E-state index contributed by atoms with van der Waals surface area (Å²) in [5, 5.41) is 15.5. The quantitative estimate of drug-likeness (QED) is 0.794. The van der Waals surface area contributed by atoms with Gasteiger partial charge in [-0.25, -0.2) is 0 Å². The lowest BCUT2D eigenvalue weighted by Gasteiger charge is -2.16. The summed E-state index contributed by atoms with van der Waals surface area (Å²) < 4.78 is 0. The smallest absolute Gasteiger partial charge is 0.244 e. The minimum atomic E-state index is 0.448. The van der Waals surface area contributed by atoms with Gasteiger partial charge in [-0.1, -0.05) is 43.4 Å². The zero-order valence-electron chi connectivity index (χ0n) is 13.3. The molecule has 1 saturated carbocycles. The summed E-state index contributed by atoms with van der Waals surface area (Å²) in [5.41, 5.74) is 1.94. The number of halogens is 1. The van der Waals surface area contributed by atoms with Crippen LogP contribution < -0.4 is 10.6 Å². The van der Waals surface area contributed by atoms with Gasteiger partial charge in [0, 0.05) is 16.8 Å². The molecular formula is C17H22ClN5. The molecule has 1 aromatic carbocycles. The number of aryl methyl sites for hydroxylation is 1. The maximum atomic E-state index is 6.15. The third-order valence-corrected chi connectivity index (χ3v) is 4.60. The van der Waals surface area contributed by atoms with E-state index in [-0.39, 0.29) is 0 Å². The van der Waals surface area contributed by atoms with Crippen molar-refractivity contribution in [3.8, 4) is 0 Å². The molecule has 0 aliphatic heterocycles. The highest BCUT2D eigenvalue weighted by Gasteiger charge is 2.13. The van der Waals surface area contributed by atoms with Crippen LogP contribution in [0.5, 0.6) is 0 Å². The second-order valence-corrected chi connectivity index (χ2v) is 6.49. The van der Waals surface area contributed by atoms with Crippen LogP contribution in [0.2, 0.25) is 5.02 Å². The van der Waals surface area contributed by atoms with E-state index in [0.29, 0.717) is 17.8 Å². The average Bonchev–Trinajstić information content (AvgIpc) is 2.80. The first-order valence-electron chi connectivity index (χ1n) is 8.20. The molecule has 1 fully saturated rings. The number of hydrogen-bond acceptors (Lipinski definition) is 5. The molecule has 23 heavy (non-hydrogen) atoms. The minimum absolute atomic E-state index is 0.448. The largest absolute Gasteiger partial charge is 0.350 e. The highest BCUT2D eigenvalue weighted by atomic mass is 35.5. The van der Waals surface area contributed by atoms with Crippen molar-refractivity contribution >= 4 is 29.1 Å². The van der Waals surface area contributed by atoms with Crippen molar-refractivity contribution in [2.75, 3.05) is 10.6 Å². The lowest BCUT2D eigenvalue weighted by molar-refractivity contribution is 0.613. The average molecular weight is 332 g/mol. The van der Waals surface area contributed by atoms with Crippen molar-refractivity contribution < 1.29 is 0 Å². The Labute approximate surface area is 141 Å². The topological polar surface area (TPSA) is 62.7 Å². The van der Waals surface area contributed by atoms with E-state index >= 15 is 0 Å². The number of aromatic nitrogens is 3. The fraction of sp³-hybridized carbons (Fsp3) is 0.471. The van der Waals surface area contributed by atoms with Crippen molar-refractivity contribution in [1.29, 1.82) is 0 Å². The van der Waals surface area contributed by atoms with Crippen LogP contribution in [0.4, 0.5) is 17.5 Å². The van der Waals surface area contributed by atoms with Gasteiger partial charge < -0.3 is 10.6 Å². The Kier molecular flexibility index (Phi) is 5.28. The molecule has 0 atom stereocenters. The lowest BCUT2D eigenvalue weighted by Crippen LogP contribution is -2.20. The van der Waals surface area contributed by atoms with E-state index in [1.807, 2.05) is 25.1 Å². The predicted octanol–water partition coefficient (Wildman–Crippen LogP) is 4.71. The van der Waals surface area contributed by atoms with Gasteiger partial charge >= 0.3 is 0 Å². The second kappa shape index (κ2) is 7.59. The van der Waals surface area contributed by atoms with E-state index in [1.54, 1.807) is 6.20 Å². The number of anilines is 3. The molecule has 5 nitrogen and oxygen atoms in total. The monoisotopic (exact) mass is 331 g/mol. The molecule has 0 spiro atoms. The van der Waals surface area contributed by atoms with Gasteiger partial charge in [0.15, 0.2) is 5.82 Å². The lowest BCUT2D eigenvalue weighted by atomic mass is 10.1. The maximum Gasteiger partial charge on any atom is 0.244 e. The molecule has 1 heterocycles. The van der Waals surface area contributed by atoms with E-state index < -0.39 is 0 Å². The fourth-order valence-corrected chi connectivity index (χ4v) is 3.03. The summed E-state index contributed by atoms with van der Waals surface area (Å²) in [6.07, 6.45) is 9.16. The van der Waals surface area contributed by atoms with Gasteiger partial charge in [-0.05, 0) is 37.5 Å². The van der Waals surface area contributed by atoms with Crippen LogP contribution in [-0.4, -0.2) is 21.2 Å². The first-order valence-corrected chi connectivity index (χ1v) is 8.58. The van der Waals surface area contributed by atoms with Gasteiger partial charge in [-0.15, -0.1) is 5.10 Å². The zero-order valence-corrected chi connectivity index (χ0v) is 14.1. The van der Waals surface area contributed by atoms with Crippen molar-refractivity contribution in [2.45, 2.75) is 51.5 Å². The summed E-state index contributed by atoms with van der Waals surface area (Å²) in [5.74, 6) is 1.25. The number of rotatable bonds is 4. The molecule has 6 heteroatoms. The fourth-order valence-electron chi connectivity index (χ4n) is 2.85. The Balaban J connectivity index is 1.67. The third-order valence-electron chi connectivity index (χ3n) is 4.19. The van der Waals surface area contributed by atoms with Gasteiger partial charge in [0.25, 0.3) is 0 Å². The number of nitrogens with one attached hydrogen (secondary N) is 2. The van der Waals surface area contributed by atoms with E-state index in [1.165, 1.54) is 38.5 Å². The summed E-state index contributed by atoms with van der Waals surface area (Å²) >= 11 is 6.15. The number of benzene rings is 1. The van der Waals surface area contributed by atoms with Crippen LogP contribution >= 0.6 is 11.6 Å². The Morgan fingerprint density at radius 1 is 1.13 bits per heavy atom. The first-order chi connectivity index (χ1) is 11.2. The molecule has 1 aromatic heterocycles. The van der Waals surface area contributed by atoms with Crippen LogP contribution in [-0.2, 0) is 0 Å². The molecule has 1 aliphatic rings. The normalized spacial score (nSPS) is 15.9. The van der Waals surface area contributed by atoms with Crippen molar-refractivity contribution in [2.24, 2.45) is 0 Å². The third kappa shape index (κ3) is 4.55. The molecular weight excluding hydrogens is 310 g/mol. The molecule has 0 amide bonds. The van der Waals surface area contributed by atoms with Crippen LogP contribution in [0.3, 0.4) is 0 Å². The highest BCUT2D eigenvalue weighted by Crippen LogP contribution is 2.23. The Morgan fingerprint density at radius 3 is 2.65 bits per heavy atom. The Morgan fingerprint density at radius 2 is 1.91 bits per heavy atom. The molecule has 122 valence electrons. The molecule has 0 radical (unpaired) electrons. The van der Waals surface area contributed by atoms with Crippen LogP contribution in [0.15, 0.2) is 24.4 Å². The zero-order chi connectivity index (χ0) is 16.1. The Hall–Kier alpha value is -1.88. The predicted molar refractivity (Wildman–Crippen MR) is 94.4 cm³/mol. The van der Waals surface area contributed by atoms with Gasteiger partial charge in [-0.2, -0.15) is 10.1 Å². The van der Waals surface area contributed by atoms with Gasteiger partial charge in [0.2, 0.25) is 5.95 Å². The second-order valence-electron chi connectivity index (χ2n) is 6.09. The molecule has 0 saturated heterocycles. The standard InChI is InChI=1S/C17H22ClN5/c1-12-8-9-14(10-15(12)18)20-16-11-19-23-17(22-16)21-13-6-4-2-3-5-7-13/h8-11,13H,2-7H2,1H3,(H2,20,21,22,23). The van der Waals surface area contributed by atoms with Crippen molar-refractivity contribution in [1.82, 2.24) is 15.2 Å². The van der Waals surface area contributed by atoms with Crippen molar-refractivity contribution in [3.63, 3.8) is 0 Å². The van der Waals surface area contributed by atoms with Crippen LogP contribution in [0.1, 0.15) is 44.1 Å². The van der Waals surface area contributed by atoms with Gasteiger partial charge in [0.05, 0.1) is 6.20 Å². The first kappa shape index (κ1) is 16.0. The summed E-state index contributed by atoms with van der Waals surface area (Å²) in [6.45, 7) is 1.98. The molecule has 2 aromatic rings. The molecule has 3 rings (SSSR count). The molecule has 0 unspecified atom stereocenters. The highest BCUT2D eigenvalue weighted by molar-refractivity contribution is 6.31. The van der Waals surface area contributed by atoms with Crippen LogP contribution in [0.25, 0.3) is 0 Å². The van der Waals surface area contributed by atoms with Crippen molar-refractivity contribution in [3.05, 3.63) is 35.0 Å². The summed E-state index contributed by atoms with van der Waals surface area (Å²) in [4.78, 5) is 4.51. The van der Waals surface area contributed by atoms with E-state index in [0.717, 1.165) is 16.3 Å². The SMILES string of the molecule is Cc1ccc(Nc2cnnc(NC3CCCCCC3)n2)cc1Cl. The molecule has 0 bridgehead atoms. The minimum Gasteiger partial charge on any atom is -0.350 e. The summed E-state index contributed by atoms with van der Waals surface area (Å²) in [6, 6.07) is 6.28. The molecule has 1 aliphatic carbocycles. The van der Waals surface area contributed by atoms with E-state index in [9.17, 15) is 0 Å². The van der Waals surface area contributed by atoms with Gasteiger partial charge in [-0.3, -0.25) is 0 Å². The van der Waals surface area contributed by atoms with E-state index in [4.69, 9.17) is 11.6 Å². The molecule has 2 N–H and O–H groups in total.